The van der Waals surface area contributed by atoms with Crippen LogP contribution in [0.5, 0.6) is 0 Å². The third-order valence-corrected chi connectivity index (χ3v) is 3.21. The summed E-state index contributed by atoms with van der Waals surface area (Å²) in [6.07, 6.45) is -6.02. The molecule has 5 nitrogen and oxygen atoms in total. The van der Waals surface area contributed by atoms with E-state index in [0.717, 1.165) is 7.11 Å². The highest BCUT2D eigenvalue weighted by Crippen LogP contribution is 2.23. The smallest absolute Gasteiger partial charge is 0.469 e. The van der Waals surface area contributed by atoms with Gasteiger partial charge in [-0.15, -0.1) is 0 Å². The lowest BCUT2D eigenvalue weighted by Crippen LogP contribution is -2.39. The lowest BCUT2D eigenvalue weighted by molar-refractivity contribution is -0.174. The number of halogens is 3. The third-order valence-electron chi connectivity index (χ3n) is 2.51. The van der Waals surface area contributed by atoms with Crippen molar-refractivity contribution in [3.63, 3.8) is 0 Å². The van der Waals surface area contributed by atoms with Crippen LogP contribution in [0, 0.1) is 0 Å². The standard InChI is InChI=1S/C12H12F3NO4S/c1-20-10(18)5-8(17)4-9(7-2-3-21-6-7)16-11(19)12(13,14)15/h2-3,6,9H,4-5H2,1H3,(H,16,19). The summed E-state index contributed by atoms with van der Waals surface area (Å²) in [5.41, 5.74) is 0.371. The van der Waals surface area contributed by atoms with Gasteiger partial charge < -0.3 is 10.1 Å². The molecule has 21 heavy (non-hydrogen) atoms. The normalized spacial score (nSPS) is 12.6. The van der Waals surface area contributed by atoms with Gasteiger partial charge in [0.2, 0.25) is 0 Å². The number of rotatable bonds is 6. The maximum absolute atomic E-state index is 12.3. The molecule has 0 fully saturated rings. The number of ether oxygens (including phenoxy) is 1. The molecule has 1 aromatic heterocycles. The number of methoxy groups -OCH3 is 1. The van der Waals surface area contributed by atoms with E-state index in [-0.39, 0.29) is 0 Å². The first-order valence-electron chi connectivity index (χ1n) is 5.72. The second-order valence-corrected chi connectivity index (χ2v) is 4.86. The summed E-state index contributed by atoms with van der Waals surface area (Å²) in [6.45, 7) is 0. The van der Waals surface area contributed by atoms with Crippen LogP contribution in [0.3, 0.4) is 0 Å². The van der Waals surface area contributed by atoms with Crippen molar-refractivity contribution in [2.24, 2.45) is 0 Å². The fourth-order valence-electron chi connectivity index (χ4n) is 1.50. The van der Waals surface area contributed by atoms with Crippen molar-refractivity contribution in [2.75, 3.05) is 7.11 Å². The van der Waals surface area contributed by atoms with Crippen molar-refractivity contribution < 1.29 is 32.3 Å². The summed E-state index contributed by atoms with van der Waals surface area (Å²) in [4.78, 5) is 33.6. The maximum atomic E-state index is 12.3. The number of alkyl halides is 3. The summed E-state index contributed by atoms with van der Waals surface area (Å²) in [7, 11) is 1.09. The Hall–Kier alpha value is -1.90. The predicted octanol–water partition coefficient (Wildman–Crippen LogP) is 1.99. The fraction of sp³-hybridized carbons (Fsp3) is 0.417. The molecule has 0 saturated heterocycles. The van der Waals surface area contributed by atoms with Crippen molar-refractivity contribution in [3.05, 3.63) is 22.4 Å². The quantitative estimate of drug-likeness (QED) is 0.642. The van der Waals surface area contributed by atoms with Gasteiger partial charge >= 0.3 is 18.1 Å². The van der Waals surface area contributed by atoms with E-state index in [0.29, 0.717) is 5.56 Å². The zero-order valence-corrected chi connectivity index (χ0v) is 11.7. The van der Waals surface area contributed by atoms with Gasteiger partial charge in [0.25, 0.3) is 0 Å². The number of nitrogens with one attached hydrogen (secondary N) is 1. The van der Waals surface area contributed by atoms with E-state index in [4.69, 9.17) is 0 Å². The Bertz CT molecular complexity index is 513. The van der Waals surface area contributed by atoms with E-state index in [1.165, 1.54) is 22.8 Å². The van der Waals surface area contributed by atoms with Gasteiger partial charge in [0.1, 0.15) is 12.2 Å². The average molecular weight is 323 g/mol. The molecule has 0 saturated carbocycles. The van der Waals surface area contributed by atoms with Crippen LogP contribution >= 0.6 is 11.3 Å². The Kier molecular flexibility index (Phi) is 5.89. The van der Waals surface area contributed by atoms with Crippen LogP contribution in [0.2, 0.25) is 0 Å². The van der Waals surface area contributed by atoms with E-state index >= 15 is 0 Å². The second kappa shape index (κ2) is 7.21. The van der Waals surface area contributed by atoms with E-state index in [1.807, 2.05) is 0 Å². The largest absolute Gasteiger partial charge is 0.471 e. The Labute approximate surface area is 122 Å². The molecule has 0 radical (unpaired) electrons. The first kappa shape index (κ1) is 17.2. The average Bonchev–Trinajstić information content (AvgIpc) is 2.90. The molecule has 1 atom stereocenters. The van der Waals surface area contributed by atoms with Crippen molar-refractivity contribution in [2.45, 2.75) is 25.1 Å². The number of Topliss-reactive ketones (excluding diaryl/α,β-unsaturated/α-hetero) is 1. The zero-order valence-electron chi connectivity index (χ0n) is 10.9. The van der Waals surface area contributed by atoms with Crippen LogP contribution in [0.25, 0.3) is 0 Å². The Morgan fingerprint density at radius 2 is 2.05 bits per heavy atom. The van der Waals surface area contributed by atoms with Gasteiger partial charge in [-0.2, -0.15) is 24.5 Å². The summed E-state index contributed by atoms with van der Waals surface area (Å²) in [6, 6.07) is 0.361. The maximum Gasteiger partial charge on any atom is 0.471 e. The molecule has 0 aliphatic rings. The molecule has 0 bridgehead atoms. The molecule has 1 amide bonds. The molecular weight excluding hydrogens is 311 g/mol. The lowest BCUT2D eigenvalue weighted by Gasteiger charge is -2.18. The number of thiophene rings is 1. The number of esters is 1. The number of carbonyl (C=O) groups is 3. The van der Waals surface area contributed by atoms with Crippen LogP contribution in [0.4, 0.5) is 13.2 Å². The highest BCUT2D eigenvalue weighted by atomic mass is 32.1. The van der Waals surface area contributed by atoms with Crippen LogP contribution in [-0.4, -0.2) is 30.9 Å². The summed E-state index contributed by atoms with van der Waals surface area (Å²) < 4.78 is 41.2. The number of hydrogen-bond acceptors (Lipinski definition) is 5. The molecule has 1 heterocycles. The molecule has 1 aromatic rings. The van der Waals surface area contributed by atoms with Gasteiger partial charge in [-0.05, 0) is 22.4 Å². The highest BCUT2D eigenvalue weighted by molar-refractivity contribution is 7.08. The lowest BCUT2D eigenvalue weighted by atomic mass is 10.0. The molecule has 9 heteroatoms. The van der Waals surface area contributed by atoms with Crippen LogP contribution in [-0.2, 0) is 19.1 Å². The Balaban J connectivity index is 2.77. The fourth-order valence-corrected chi connectivity index (χ4v) is 2.21. The van der Waals surface area contributed by atoms with Gasteiger partial charge in [-0.25, -0.2) is 0 Å². The SMILES string of the molecule is COC(=O)CC(=O)CC(NC(=O)C(F)(F)F)c1ccsc1. The number of hydrogen-bond donors (Lipinski definition) is 1. The van der Waals surface area contributed by atoms with E-state index in [9.17, 15) is 27.6 Å². The number of carbonyl (C=O) groups excluding carboxylic acids is 3. The molecule has 0 aromatic carbocycles. The van der Waals surface area contributed by atoms with Gasteiger partial charge in [0.05, 0.1) is 13.2 Å². The predicted molar refractivity (Wildman–Crippen MR) is 67.5 cm³/mol. The van der Waals surface area contributed by atoms with Crippen molar-refractivity contribution in [3.8, 4) is 0 Å². The molecule has 1 rings (SSSR count). The first-order valence-corrected chi connectivity index (χ1v) is 6.66. The minimum absolute atomic E-state index is 0.371. The monoisotopic (exact) mass is 323 g/mol. The van der Waals surface area contributed by atoms with E-state index in [2.05, 4.69) is 4.74 Å². The zero-order chi connectivity index (χ0) is 16.0. The minimum Gasteiger partial charge on any atom is -0.469 e. The summed E-state index contributed by atoms with van der Waals surface area (Å²) in [5.74, 6) is -3.55. The minimum atomic E-state index is -5.04. The van der Waals surface area contributed by atoms with E-state index < -0.39 is 42.7 Å². The molecule has 1 N–H and O–H groups in total. The summed E-state index contributed by atoms with van der Waals surface area (Å²) >= 11 is 1.21. The molecule has 0 spiro atoms. The van der Waals surface area contributed by atoms with Crippen molar-refractivity contribution in [1.29, 1.82) is 0 Å². The van der Waals surface area contributed by atoms with Crippen LogP contribution in [0.1, 0.15) is 24.4 Å². The molecule has 1 unspecified atom stereocenters. The van der Waals surface area contributed by atoms with Crippen LogP contribution in [0.15, 0.2) is 16.8 Å². The Morgan fingerprint density at radius 1 is 1.38 bits per heavy atom. The molecular formula is C12H12F3NO4S. The van der Waals surface area contributed by atoms with Crippen molar-refractivity contribution in [1.82, 2.24) is 5.32 Å². The van der Waals surface area contributed by atoms with Gasteiger partial charge in [0, 0.05) is 6.42 Å². The summed E-state index contributed by atoms with van der Waals surface area (Å²) in [5, 5.41) is 4.88. The number of ketones is 1. The van der Waals surface area contributed by atoms with Gasteiger partial charge in [-0.3, -0.25) is 14.4 Å². The van der Waals surface area contributed by atoms with Crippen LogP contribution < -0.4 is 5.32 Å². The molecule has 0 aliphatic heterocycles. The molecule has 0 aliphatic carbocycles. The highest BCUT2D eigenvalue weighted by Gasteiger charge is 2.40. The topological polar surface area (TPSA) is 72.5 Å². The van der Waals surface area contributed by atoms with E-state index in [1.54, 1.807) is 10.7 Å². The van der Waals surface area contributed by atoms with Crippen molar-refractivity contribution >= 4 is 29.0 Å². The van der Waals surface area contributed by atoms with Gasteiger partial charge in [-0.1, -0.05) is 0 Å². The first-order chi connectivity index (χ1) is 9.74. The van der Waals surface area contributed by atoms with Gasteiger partial charge in [0.15, 0.2) is 0 Å². The number of amides is 1. The third kappa shape index (κ3) is 5.54. The Morgan fingerprint density at radius 3 is 2.52 bits per heavy atom. The second-order valence-electron chi connectivity index (χ2n) is 4.08. The molecule has 116 valence electrons.